The third-order valence-electron chi connectivity index (χ3n) is 6.61. The molecule has 2 aromatic rings. The average molecular weight is 538 g/mol. The highest BCUT2D eigenvalue weighted by molar-refractivity contribution is 5.73. The number of halogens is 4. The van der Waals surface area contributed by atoms with Gasteiger partial charge in [-0.2, -0.15) is 13.2 Å². The van der Waals surface area contributed by atoms with Crippen LogP contribution in [-0.4, -0.2) is 46.9 Å². The van der Waals surface area contributed by atoms with Crippen LogP contribution in [-0.2, 0) is 24.3 Å². The van der Waals surface area contributed by atoms with Crippen molar-refractivity contribution >= 4 is 5.97 Å². The van der Waals surface area contributed by atoms with Gasteiger partial charge in [0.25, 0.3) is 0 Å². The van der Waals surface area contributed by atoms with Gasteiger partial charge in [-0.3, -0.25) is 0 Å². The normalized spacial score (nSPS) is 16.5. The highest BCUT2D eigenvalue weighted by atomic mass is 19.4. The van der Waals surface area contributed by atoms with Crippen LogP contribution in [0.5, 0.6) is 5.75 Å². The highest BCUT2D eigenvalue weighted by Crippen LogP contribution is 2.35. The number of benzene rings is 2. The predicted octanol–water partition coefficient (Wildman–Crippen LogP) is 5.30. The molecule has 0 aliphatic carbocycles. The van der Waals surface area contributed by atoms with Gasteiger partial charge >= 0.3 is 12.1 Å². The van der Waals surface area contributed by atoms with E-state index in [2.05, 4.69) is 54.2 Å². The summed E-state index contributed by atoms with van der Waals surface area (Å²) in [6.07, 6.45) is -2.00. The van der Waals surface area contributed by atoms with E-state index in [0.29, 0.717) is 6.04 Å². The number of nitrogens with zero attached hydrogens (tertiary/aromatic N) is 1. The lowest BCUT2D eigenvalue weighted by Crippen LogP contribution is -2.44. The van der Waals surface area contributed by atoms with Gasteiger partial charge in [0, 0.05) is 25.6 Å². The lowest BCUT2D eigenvalue weighted by Gasteiger charge is -2.38. The van der Waals surface area contributed by atoms with Crippen molar-refractivity contribution in [1.82, 2.24) is 15.5 Å². The number of hydrogen-bond acceptors (Lipinski definition) is 5. The molecule has 1 saturated heterocycles. The Hall–Kier alpha value is -3.27. The van der Waals surface area contributed by atoms with Gasteiger partial charge in [-0.15, -0.1) is 0 Å². The molecule has 2 aliphatic heterocycles. The summed E-state index contributed by atoms with van der Waals surface area (Å²) < 4.78 is 51.3. The summed E-state index contributed by atoms with van der Waals surface area (Å²) in [4.78, 5) is 11.3. The van der Waals surface area contributed by atoms with Crippen molar-refractivity contribution in [1.29, 1.82) is 0 Å². The van der Waals surface area contributed by atoms with Gasteiger partial charge in [-0.05, 0) is 87.2 Å². The molecule has 0 atom stereocenters. The molecule has 0 bridgehead atoms. The number of alkyl halides is 3. The van der Waals surface area contributed by atoms with Crippen LogP contribution in [0.25, 0.3) is 0 Å². The molecule has 2 aliphatic rings. The third kappa shape index (κ3) is 8.11. The van der Waals surface area contributed by atoms with Crippen molar-refractivity contribution in [2.45, 2.75) is 70.9 Å². The van der Waals surface area contributed by atoms with E-state index in [0.717, 1.165) is 68.1 Å². The smallest absolute Gasteiger partial charge is 0.487 e. The fourth-order valence-electron chi connectivity index (χ4n) is 4.66. The van der Waals surface area contributed by atoms with Crippen molar-refractivity contribution in [2.75, 3.05) is 13.1 Å². The van der Waals surface area contributed by atoms with Gasteiger partial charge in [-0.25, -0.2) is 9.18 Å². The van der Waals surface area contributed by atoms with Crippen molar-refractivity contribution in [3.05, 3.63) is 76.9 Å². The summed E-state index contributed by atoms with van der Waals surface area (Å²) in [5.74, 6) is -1.02. The van der Waals surface area contributed by atoms with E-state index in [1.54, 1.807) is 12.1 Å². The molecule has 1 fully saturated rings. The maximum absolute atomic E-state index is 13.6. The second-order valence-electron chi connectivity index (χ2n) is 10.3. The Kier molecular flexibility index (Phi) is 9.30. The molecule has 0 amide bonds. The van der Waals surface area contributed by atoms with Crippen molar-refractivity contribution in [3.8, 4) is 5.75 Å². The molecule has 2 aromatic carbocycles. The first-order chi connectivity index (χ1) is 17.7. The molecule has 6 nitrogen and oxygen atoms in total. The van der Waals surface area contributed by atoms with Gasteiger partial charge in [0.05, 0.1) is 5.82 Å². The molecule has 4 rings (SSSR count). The van der Waals surface area contributed by atoms with Crippen LogP contribution in [0, 0.1) is 12.7 Å². The molecule has 0 aromatic heterocycles. The van der Waals surface area contributed by atoms with Crippen LogP contribution in [0.15, 0.2) is 48.8 Å². The maximum Gasteiger partial charge on any atom is 0.490 e. The molecule has 38 heavy (non-hydrogen) atoms. The standard InChI is InChI=1S/C26H34FN3O.C2HF3O2/c1-18-13-23(27)7-6-21(18)17-30(24-9-11-28-12-10-24)19(2)29-16-20-5-8-25-22(14-20)15-26(3,4)31-25;3-2(4,5)1(6)7/h5-8,13-14,24,28-29H,2,9-12,15-17H2,1,3-4H3;(H,6,7). The number of aryl methyl sites for hydroxylation is 1. The summed E-state index contributed by atoms with van der Waals surface area (Å²) in [6, 6.07) is 11.9. The number of carboxylic acids is 1. The first-order valence-electron chi connectivity index (χ1n) is 12.5. The molecule has 0 radical (unpaired) electrons. The minimum atomic E-state index is -5.08. The van der Waals surface area contributed by atoms with Gasteiger partial charge < -0.3 is 25.4 Å². The van der Waals surface area contributed by atoms with E-state index in [-0.39, 0.29) is 11.4 Å². The van der Waals surface area contributed by atoms with E-state index >= 15 is 0 Å². The summed E-state index contributed by atoms with van der Waals surface area (Å²) >= 11 is 0. The van der Waals surface area contributed by atoms with Crippen LogP contribution in [0.4, 0.5) is 17.6 Å². The number of piperidine rings is 1. The van der Waals surface area contributed by atoms with Crippen LogP contribution < -0.4 is 15.4 Å². The quantitative estimate of drug-likeness (QED) is 0.417. The first-order valence-corrected chi connectivity index (χ1v) is 12.5. The molecular weight excluding hydrogens is 502 g/mol. The van der Waals surface area contributed by atoms with Crippen molar-refractivity contribution in [2.24, 2.45) is 0 Å². The highest BCUT2D eigenvalue weighted by Gasteiger charge is 2.38. The Balaban J connectivity index is 0.000000505. The van der Waals surface area contributed by atoms with E-state index < -0.39 is 12.1 Å². The second-order valence-corrected chi connectivity index (χ2v) is 10.3. The van der Waals surface area contributed by atoms with Crippen LogP contribution >= 0.6 is 0 Å². The minimum absolute atomic E-state index is 0.128. The molecule has 0 saturated carbocycles. The largest absolute Gasteiger partial charge is 0.490 e. The van der Waals surface area contributed by atoms with E-state index in [1.807, 2.05) is 13.0 Å². The third-order valence-corrected chi connectivity index (χ3v) is 6.61. The zero-order chi connectivity index (χ0) is 28.1. The summed E-state index contributed by atoms with van der Waals surface area (Å²) in [6.45, 7) is 14.1. The van der Waals surface area contributed by atoms with Crippen molar-refractivity contribution < 1.29 is 32.2 Å². The van der Waals surface area contributed by atoms with Gasteiger partial charge in [0.15, 0.2) is 0 Å². The number of nitrogens with one attached hydrogen (secondary N) is 2. The number of rotatable bonds is 7. The number of aliphatic carboxylic acids is 1. The maximum atomic E-state index is 13.6. The fraction of sp³-hybridized carbons (Fsp3) is 0.464. The van der Waals surface area contributed by atoms with Crippen LogP contribution in [0.1, 0.15) is 48.9 Å². The second kappa shape index (κ2) is 12.1. The number of fused-ring (bicyclic) bond motifs is 1. The van der Waals surface area contributed by atoms with Crippen LogP contribution in [0.2, 0.25) is 0 Å². The number of hydrogen-bond donors (Lipinski definition) is 3. The van der Waals surface area contributed by atoms with Gasteiger partial charge in [0.2, 0.25) is 0 Å². The lowest BCUT2D eigenvalue weighted by molar-refractivity contribution is -0.192. The zero-order valence-electron chi connectivity index (χ0n) is 21.9. The number of ether oxygens (including phenoxy) is 1. The molecule has 3 N–H and O–H groups in total. The Bertz CT molecular complexity index is 1140. The van der Waals surface area contributed by atoms with E-state index in [4.69, 9.17) is 14.6 Å². The minimum Gasteiger partial charge on any atom is -0.487 e. The molecule has 0 spiro atoms. The Morgan fingerprint density at radius 1 is 1.21 bits per heavy atom. The van der Waals surface area contributed by atoms with Gasteiger partial charge in [-0.1, -0.05) is 24.8 Å². The molecule has 2 heterocycles. The van der Waals surface area contributed by atoms with E-state index in [1.165, 1.54) is 11.1 Å². The SMILES string of the molecule is C=C(NCc1ccc2c(c1)CC(C)(C)O2)N(Cc1ccc(F)cc1C)C1CCNCC1.O=C(O)C(F)(F)F. The van der Waals surface area contributed by atoms with Gasteiger partial charge in [0.1, 0.15) is 17.2 Å². The van der Waals surface area contributed by atoms with Crippen molar-refractivity contribution in [3.63, 3.8) is 0 Å². The average Bonchev–Trinajstić information content (AvgIpc) is 3.15. The van der Waals surface area contributed by atoms with E-state index in [9.17, 15) is 17.6 Å². The monoisotopic (exact) mass is 537 g/mol. The summed E-state index contributed by atoms with van der Waals surface area (Å²) in [7, 11) is 0. The lowest BCUT2D eigenvalue weighted by atomic mass is 10.00. The first kappa shape index (κ1) is 29.3. The Labute approximate surface area is 220 Å². The summed E-state index contributed by atoms with van der Waals surface area (Å²) in [5.41, 5.74) is 4.49. The Morgan fingerprint density at radius 3 is 2.47 bits per heavy atom. The molecular formula is C28H35F4N3O3. The zero-order valence-corrected chi connectivity index (χ0v) is 21.9. The molecule has 10 heteroatoms. The Morgan fingerprint density at radius 2 is 1.87 bits per heavy atom. The molecule has 0 unspecified atom stereocenters. The van der Waals surface area contributed by atoms with Crippen LogP contribution in [0.3, 0.4) is 0 Å². The number of carboxylic acid groups (broad SMARTS) is 1. The fourth-order valence-corrected chi connectivity index (χ4v) is 4.66. The summed E-state index contributed by atoms with van der Waals surface area (Å²) in [5, 5.41) is 14.1. The predicted molar refractivity (Wildman–Crippen MR) is 137 cm³/mol. The topological polar surface area (TPSA) is 73.8 Å². The molecule has 208 valence electrons. The number of carbonyl (C=O) groups is 1.